The van der Waals surface area contributed by atoms with Gasteiger partial charge in [0.15, 0.2) is 16.7 Å². The summed E-state index contributed by atoms with van der Waals surface area (Å²) in [5.74, 6) is 0.425. The van der Waals surface area contributed by atoms with Crippen molar-refractivity contribution >= 4 is 22.4 Å². The minimum atomic E-state index is -0.479. The van der Waals surface area contributed by atoms with Crippen LogP contribution in [0, 0.1) is 19.7 Å². The van der Waals surface area contributed by atoms with Crippen molar-refractivity contribution in [3.8, 4) is 22.8 Å². The summed E-state index contributed by atoms with van der Waals surface area (Å²) in [5, 5.41) is 8.83. The summed E-state index contributed by atoms with van der Waals surface area (Å²) in [7, 11) is 1.41. The van der Waals surface area contributed by atoms with Gasteiger partial charge in [-0.3, -0.25) is 10.1 Å². The molecule has 1 amide bonds. The molecule has 0 bridgehead atoms. The van der Waals surface area contributed by atoms with E-state index in [1.165, 1.54) is 30.6 Å². The maximum atomic E-state index is 14.0. The second kappa shape index (κ2) is 9.19. The second-order valence-electron chi connectivity index (χ2n) is 6.93. The Morgan fingerprint density at radius 2 is 2.00 bits per heavy atom. The number of thiazole rings is 1. The smallest absolute Gasteiger partial charge is 0.261 e. The zero-order valence-corrected chi connectivity index (χ0v) is 18.5. The number of benzene rings is 2. The average molecular weight is 453 g/mol. The first-order valence-electron chi connectivity index (χ1n) is 9.70. The zero-order chi connectivity index (χ0) is 22.7. The molecule has 1 N–H and O–H groups in total. The van der Waals surface area contributed by atoms with Crippen molar-refractivity contribution in [2.75, 3.05) is 12.4 Å². The summed E-state index contributed by atoms with van der Waals surface area (Å²) in [6.07, 6.45) is 0. The van der Waals surface area contributed by atoms with Crippen molar-refractivity contribution in [1.29, 1.82) is 0 Å². The van der Waals surface area contributed by atoms with Gasteiger partial charge in [0.2, 0.25) is 0 Å². The Balaban J connectivity index is 1.49. The molecule has 0 spiro atoms. The molecular weight excluding hydrogens is 433 g/mol. The van der Waals surface area contributed by atoms with Crippen molar-refractivity contribution in [3.63, 3.8) is 0 Å². The molecule has 164 valence electrons. The van der Waals surface area contributed by atoms with Gasteiger partial charge in [-0.05, 0) is 44.2 Å². The lowest BCUT2D eigenvalue weighted by Gasteiger charge is -2.10. The van der Waals surface area contributed by atoms with E-state index in [-0.39, 0.29) is 18.3 Å². The normalized spacial score (nSPS) is 10.8. The summed E-state index contributed by atoms with van der Waals surface area (Å²) in [6.45, 7) is 3.88. The number of anilines is 1. The van der Waals surface area contributed by atoms with Gasteiger partial charge < -0.3 is 14.0 Å². The molecule has 4 aromatic rings. The van der Waals surface area contributed by atoms with Gasteiger partial charge in [-0.1, -0.05) is 17.3 Å². The van der Waals surface area contributed by atoms with Gasteiger partial charge in [0.05, 0.1) is 29.6 Å². The standard InChI is InChI=1S/C23H20FN3O4S/c1-13-17(14(2)31-27-13)11-30-20-7-5-4-6-16(20)22(28)26-23-25-19(12-32-23)15-8-9-21(29-3)18(24)10-15/h4-10,12H,11H2,1-3H3,(H,25,26,28). The highest BCUT2D eigenvalue weighted by Gasteiger charge is 2.17. The number of carbonyl (C=O) groups excluding carboxylic acids is 1. The van der Waals surface area contributed by atoms with Gasteiger partial charge in [0, 0.05) is 10.9 Å². The van der Waals surface area contributed by atoms with Crippen LogP contribution in [0.25, 0.3) is 11.3 Å². The number of ether oxygens (including phenoxy) is 2. The molecular formula is C23H20FN3O4S. The molecule has 0 saturated carbocycles. The number of carbonyl (C=O) groups is 1. The molecule has 0 radical (unpaired) electrons. The Morgan fingerprint density at radius 3 is 2.72 bits per heavy atom. The summed E-state index contributed by atoms with van der Waals surface area (Å²) in [5.41, 5.74) is 3.09. The first-order chi connectivity index (χ1) is 15.5. The SMILES string of the molecule is COc1ccc(-c2csc(NC(=O)c3ccccc3OCc3c(C)noc3C)n2)cc1F. The van der Waals surface area contributed by atoms with Crippen LogP contribution in [0.2, 0.25) is 0 Å². The van der Waals surface area contributed by atoms with Gasteiger partial charge in [0.25, 0.3) is 5.91 Å². The fourth-order valence-corrected chi connectivity index (χ4v) is 3.81. The van der Waals surface area contributed by atoms with E-state index in [1.807, 2.05) is 13.8 Å². The third-order valence-corrected chi connectivity index (χ3v) is 5.61. The van der Waals surface area contributed by atoms with Crippen LogP contribution in [0.5, 0.6) is 11.5 Å². The highest BCUT2D eigenvalue weighted by molar-refractivity contribution is 7.14. The summed E-state index contributed by atoms with van der Waals surface area (Å²) in [6, 6.07) is 11.5. The van der Waals surface area contributed by atoms with Crippen molar-refractivity contribution in [2.45, 2.75) is 20.5 Å². The summed E-state index contributed by atoms with van der Waals surface area (Å²) < 4.78 is 30.0. The number of hydrogen-bond acceptors (Lipinski definition) is 7. The summed E-state index contributed by atoms with van der Waals surface area (Å²) in [4.78, 5) is 17.3. The van der Waals surface area contributed by atoms with E-state index in [4.69, 9.17) is 14.0 Å². The van der Waals surface area contributed by atoms with E-state index < -0.39 is 5.82 Å². The van der Waals surface area contributed by atoms with Crippen LogP contribution in [-0.4, -0.2) is 23.2 Å². The molecule has 0 unspecified atom stereocenters. The number of aromatic nitrogens is 2. The van der Waals surface area contributed by atoms with Crippen LogP contribution >= 0.6 is 11.3 Å². The second-order valence-corrected chi connectivity index (χ2v) is 7.79. The van der Waals surface area contributed by atoms with Crippen LogP contribution in [0.4, 0.5) is 9.52 Å². The monoisotopic (exact) mass is 453 g/mol. The fourth-order valence-electron chi connectivity index (χ4n) is 3.09. The molecule has 0 saturated heterocycles. The van der Waals surface area contributed by atoms with Crippen LogP contribution < -0.4 is 14.8 Å². The van der Waals surface area contributed by atoms with E-state index in [9.17, 15) is 9.18 Å². The number of rotatable bonds is 7. The highest BCUT2D eigenvalue weighted by atomic mass is 32.1. The number of hydrogen-bond donors (Lipinski definition) is 1. The van der Waals surface area contributed by atoms with Crippen LogP contribution in [0.15, 0.2) is 52.4 Å². The molecule has 4 rings (SSSR count). The molecule has 0 fully saturated rings. The van der Waals surface area contributed by atoms with Crippen molar-refractivity contribution in [3.05, 3.63) is 76.2 Å². The van der Waals surface area contributed by atoms with Crippen molar-refractivity contribution in [1.82, 2.24) is 10.1 Å². The van der Waals surface area contributed by atoms with Gasteiger partial charge in [-0.15, -0.1) is 11.3 Å². The number of para-hydroxylation sites is 1. The quantitative estimate of drug-likeness (QED) is 0.404. The van der Waals surface area contributed by atoms with Crippen LogP contribution in [-0.2, 0) is 6.61 Å². The maximum absolute atomic E-state index is 14.0. The van der Waals surface area contributed by atoms with E-state index in [0.29, 0.717) is 33.5 Å². The highest BCUT2D eigenvalue weighted by Crippen LogP contribution is 2.29. The Labute approximate surface area is 187 Å². The molecule has 2 aromatic heterocycles. The Bertz CT molecular complexity index is 1250. The van der Waals surface area contributed by atoms with Gasteiger partial charge in [-0.2, -0.15) is 0 Å². The van der Waals surface area contributed by atoms with Crippen molar-refractivity contribution in [2.24, 2.45) is 0 Å². The lowest BCUT2D eigenvalue weighted by atomic mass is 10.1. The topological polar surface area (TPSA) is 86.5 Å². The summed E-state index contributed by atoms with van der Waals surface area (Å²) >= 11 is 1.25. The Morgan fingerprint density at radius 1 is 1.19 bits per heavy atom. The first-order valence-corrected chi connectivity index (χ1v) is 10.6. The van der Waals surface area contributed by atoms with Crippen LogP contribution in [0.1, 0.15) is 27.4 Å². The third-order valence-electron chi connectivity index (χ3n) is 4.86. The zero-order valence-electron chi connectivity index (χ0n) is 17.6. The average Bonchev–Trinajstić information content (AvgIpc) is 3.38. The van der Waals surface area contributed by atoms with Crippen LogP contribution in [0.3, 0.4) is 0 Å². The molecule has 32 heavy (non-hydrogen) atoms. The van der Waals surface area contributed by atoms with Crippen molar-refractivity contribution < 1.29 is 23.2 Å². The number of nitrogens with zero attached hydrogens (tertiary/aromatic N) is 2. The largest absolute Gasteiger partial charge is 0.494 e. The van der Waals surface area contributed by atoms with E-state index >= 15 is 0 Å². The van der Waals surface area contributed by atoms with E-state index in [2.05, 4.69) is 15.5 Å². The number of nitrogens with one attached hydrogen (secondary N) is 1. The molecule has 7 nitrogen and oxygen atoms in total. The minimum Gasteiger partial charge on any atom is -0.494 e. The number of aryl methyl sites for hydroxylation is 2. The maximum Gasteiger partial charge on any atom is 0.261 e. The molecule has 0 aliphatic rings. The molecule has 0 aliphatic carbocycles. The third kappa shape index (κ3) is 4.47. The van der Waals surface area contributed by atoms with Gasteiger partial charge in [-0.25, -0.2) is 9.37 Å². The molecule has 0 aliphatic heterocycles. The van der Waals surface area contributed by atoms with Gasteiger partial charge >= 0.3 is 0 Å². The minimum absolute atomic E-state index is 0.158. The fraction of sp³-hybridized carbons (Fsp3) is 0.174. The molecule has 2 heterocycles. The Hall–Kier alpha value is -3.72. The molecule has 9 heteroatoms. The number of amides is 1. The van der Waals surface area contributed by atoms with Gasteiger partial charge in [0.1, 0.15) is 18.1 Å². The molecule has 2 aromatic carbocycles. The first kappa shape index (κ1) is 21.5. The van der Waals surface area contributed by atoms with E-state index in [1.54, 1.807) is 35.7 Å². The lowest BCUT2D eigenvalue weighted by Crippen LogP contribution is -2.13. The lowest BCUT2D eigenvalue weighted by molar-refractivity contribution is 0.102. The predicted molar refractivity (Wildman–Crippen MR) is 119 cm³/mol. The predicted octanol–water partition coefficient (Wildman–Crippen LogP) is 5.39. The Kier molecular flexibility index (Phi) is 6.18. The molecule has 0 atom stereocenters. The van der Waals surface area contributed by atoms with E-state index in [0.717, 1.165) is 11.3 Å². The number of methoxy groups -OCH3 is 1. The number of halogens is 1.